The lowest BCUT2D eigenvalue weighted by Crippen LogP contribution is -2.28. The van der Waals surface area contributed by atoms with E-state index in [2.05, 4.69) is 33.8 Å². The highest BCUT2D eigenvalue weighted by molar-refractivity contribution is 9.11. The highest BCUT2D eigenvalue weighted by Crippen LogP contribution is 2.15. The summed E-state index contributed by atoms with van der Waals surface area (Å²) >= 11 is 3.50. The van der Waals surface area contributed by atoms with Gasteiger partial charge in [0.15, 0.2) is 0 Å². The summed E-state index contributed by atoms with van der Waals surface area (Å²) in [4.78, 5) is 2.48. The zero-order valence-corrected chi connectivity index (χ0v) is 8.02. The highest BCUT2D eigenvalue weighted by atomic mass is 79.9. The van der Waals surface area contributed by atoms with Gasteiger partial charge in [-0.3, -0.25) is 4.90 Å². The molecule has 10 heavy (non-hydrogen) atoms. The quantitative estimate of drug-likeness (QED) is 0.667. The fourth-order valence-electron chi connectivity index (χ4n) is 1.21. The van der Waals surface area contributed by atoms with E-state index < -0.39 is 0 Å². The molecule has 0 aromatic heterocycles. The SMILES string of the molecule is CCCN1CC=C(Br)CC1. The van der Waals surface area contributed by atoms with Crippen LogP contribution in [0.4, 0.5) is 0 Å². The van der Waals surface area contributed by atoms with Crippen LogP contribution in [0.15, 0.2) is 10.6 Å². The van der Waals surface area contributed by atoms with E-state index in [1.807, 2.05) is 0 Å². The maximum atomic E-state index is 3.50. The van der Waals surface area contributed by atoms with Gasteiger partial charge in [0.2, 0.25) is 0 Å². The maximum absolute atomic E-state index is 3.50. The molecule has 0 atom stereocenters. The summed E-state index contributed by atoms with van der Waals surface area (Å²) in [6.07, 6.45) is 4.73. The minimum atomic E-state index is 1.13. The van der Waals surface area contributed by atoms with Crippen LogP contribution < -0.4 is 0 Å². The third kappa shape index (κ3) is 2.43. The van der Waals surface area contributed by atoms with Crippen molar-refractivity contribution >= 4 is 15.9 Å². The molecular weight excluding hydrogens is 190 g/mol. The largest absolute Gasteiger partial charge is 0.299 e. The van der Waals surface area contributed by atoms with E-state index in [1.54, 1.807) is 0 Å². The molecule has 0 saturated carbocycles. The molecule has 0 saturated heterocycles. The van der Waals surface area contributed by atoms with E-state index >= 15 is 0 Å². The van der Waals surface area contributed by atoms with Crippen molar-refractivity contribution in [2.45, 2.75) is 19.8 Å². The van der Waals surface area contributed by atoms with Crippen molar-refractivity contribution < 1.29 is 0 Å². The zero-order chi connectivity index (χ0) is 7.40. The Morgan fingerprint density at radius 3 is 3.00 bits per heavy atom. The minimum absolute atomic E-state index is 1.13. The van der Waals surface area contributed by atoms with Crippen LogP contribution in [0.25, 0.3) is 0 Å². The molecule has 0 amide bonds. The fourth-order valence-corrected chi connectivity index (χ4v) is 1.53. The summed E-state index contributed by atoms with van der Waals surface area (Å²) in [5.41, 5.74) is 0. The average Bonchev–Trinajstić information content (AvgIpc) is 1.95. The number of hydrogen-bond acceptors (Lipinski definition) is 1. The van der Waals surface area contributed by atoms with Crippen LogP contribution in [0.2, 0.25) is 0 Å². The molecule has 0 aliphatic carbocycles. The molecule has 1 heterocycles. The van der Waals surface area contributed by atoms with Gasteiger partial charge < -0.3 is 0 Å². The fraction of sp³-hybridized carbons (Fsp3) is 0.750. The molecule has 2 heteroatoms. The molecule has 1 aliphatic rings. The monoisotopic (exact) mass is 203 g/mol. The van der Waals surface area contributed by atoms with Gasteiger partial charge in [-0.25, -0.2) is 0 Å². The molecule has 0 bridgehead atoms. The van der Waals surface area contributed by atoms with E-state index in [9.17, 15) is 0 Å². The Morgan fingerprint density at radius 2 is 2.50 bits per heavy atom. The van der Waals surface area contributed by atoms with Crippen LogP contribution in [0.3, 0.4) is 0 Å². The van der Waals surface area contributed by atoms with Gasteiger partial charge in [-0.2, -0.15) is 0 Å². The van der Waals surface area contributed by atoms with Crippen LogP contribution in [0.5, 0.6) is 0 Å². The lowest BCUT2D eigenvalue weighted by molar-refractivity contribution is 0.298. The molecule has 0 fully saturated rings. The first-order chi connectivity index (χ1) is 4.83. The molecule has 1 aliphatic heterocycles. The first-order valence-corrected chi connectivity index (χ1v) is 4.69. The average molecular weight is 204 g/mol. The van der Waals surface area contributed by atoms with Gasteiger partial charge in [-0.05, 0) is 23.9 Å². The van der Waals surface area contributed by atoms with Gasteiger partial charge in [-0.1, -0.05) is 28.9 Å². The summed E-state index contributed by atoms with van der Waals surface area (Å²) in [6.45, 7) is 5.84. The van der Waals surface area contributed by atoms with Crippen LogP contribution in [-0.4, -0.2) is 24.5 Å². The smallest absolute Gasteiger partial charge is 0.0174 e. The Hall–Kier alpha value is 0.180. The van der Waals surface area contributed by atoms with Crippen LogP contribution in [0, 0.1) is 0 Å². The van der Waals surface area contributed by atoms with Gasteiger partial charge in [0.25, 0.3) is 0 Å². The van der Waals surface area contributed by atoms with Crippen molar-refractivity contribution in [1.29, 1.82) is 0 Å². The molecule has 1 nitrogen and oxygen atoms in total. The van der Waals surface area contributed by atoms with Gasteiger partial charge in [0, 0.05) is 13.1 Å². The second-order valence-corrected chi connectivity index (χ2v) is 3.72. The summed E-state index contributed by atoms with van der Waals surface area (Å²) in [7, 11) is 0. The predicted molar refractivity (Wildman–Crippen MR) is 48.4 cm³/mol. The summed E-state index contributed by atoms with van der Waals surface area (Å²) in [5.74, 6) is 0. The maximum Gasteiger partial charge on any atom is 0.0174 e. The van der Waals surface area contributed by atoms with Crippen molar-refractivity contribution in [3.63, 3.8) is 0 Å². The Labute approximate surface area is 71.2 Å². The molecular formula is C8H14BrN. The van der Waals surface area contributed by atoms with E-state index in [1.165, 1.54) is 30.4 Å². The van der Waals surface area contributed by atoms with Crippen molar-refractivity contribution in [2.24, 2.45) is 0 Å². The number of halogens is 1. The lowest BCUT2D eigenvalue weighted by atomic mass is 10.2. The third-order valence-corrected chi connectivity index (χ3v) is 2.50. The van der Waals surface area contributed by atoms with Crippen molar-refractivity contribution in [3.05, 3.63) is 10.6 Å². The van der Waals surface area contributed by atoms with Crippen molar-refractivity contribution in [3.8, 4) is 0 Å². The van der Waals surface area contributed by atoms with Crippen LogP contribution in [-0.2, 0) is 0 Å². The molecule has 1 rings (SSSR count). The Kier molecular flexibility index (Phi) is 3.43. The molecule has 0 unspecified atom stereocenters. The van der Waals surface area contributed by atoms with Gasteiger partial charge in [-0.15, -0.1) is 0 Å². The van der Waals surface area contributed by atoms with E-state index in [-0.39, 0.29) is 0 Å². The predicted octanol–water partition coefficient (Wildman–Crippen LogP) is 2.38. The molecule has 0 aromatic carbocycles. The topological polar surface area (TPSA) is 3.24 Å². The second kappa shape index (κ2) is 4.14. The molecule has 0 aromatic rings. The normalized spacial score (nSPS) is 20.8. The number of hydrogen-bond donors (Lipinski definition) is 0. The number of rotatable bonds is 2. The highest BCUT2D eigenvalue weighted by Gasteiger charge is 2.07. The van der Waals surface area contributed by atoms with E-state index in [0.29, 0.717) is 0 Å². The Bertz CT molecular complexity index is 131. The van der Waals surface area contributed by atoms with Gasteiger partial charge in [0.05, 0.1) is 0 Å². The molecule has 0 radical (unpaired) electrons. The first-order valence-electron chi connectivity index (χ1n) is 3.90. The summed E-state index contributed by atoms with van der Waals surface area (Å²) in [6, 6.07) is 0. The molecule has 58 valence electrons. The number of nitrogens with zero attached hydrogens (tertiary/aromatic N) is 1. The van der Waals surface area contributed by atoms with Crippen LogP contribution in [0.1, 0.15) is 19.8 Å². The third-order valence-electron chi connectivity index (χ3n) is 1.78. The zero-order valence-electron chi connectivity index (χ0n) is 6.44. The molecule has 0 N–H and O–H groups in total. The van der Waals surface area contributed by atoms with Gasteiger partial charge >= 0.3 is 0 Å². The summed E-state index contributed by atoms with van der Waals surface area (Å²) in [5, 5.41) is 0. The van der Waals surface area contributed by atoms with E-state index in [4.69, 9.17) is 0 Å². The summed E-state index contributed by atoms with van der Waals surface area (Å²) < 4.78 is 1.37. The van der Waals surface area contributed by atoms with Crippen LogP contribution >= 0.6 is 15.9 Å². The lowest BCUT2D eigenvalue weighted by Gasteiger charge is -2.23. The standard InChI is InChI=1S/C8H14BrN/c1-2-5-10-6-3-8(9)4-7-10/h3H,2,4-7H2,1H3. The Morgan fingerprint density at radius 1 is 1.70 bits per heavy atom. The molecule has 0 spiro atoms. The second-order valence-electron chi connectivity index (χ2n) is 2.70. The van der Waals surface area contributed by atoms with Crippen molar-refractivity contribution in [1.82, 2.24) is 4.90 Å². The van der Waals surface area contributed by atoms with Gasteiger partial charge in [0.1, 0.15) is 0 Å². The Balaban J connectivity index is 2.27. The van der Waals surface area contributed by atoms with E-state index in [0.717, 1.165) is 6.54 Å². The first kappa shape index (κ1) is 8.28. The van der Waals surface area contributed by atoms with Crippen molar-refractivity contribution in [2.75, 3.05) is 19.6 Å². The minimum Gasteiger partial charge on any atom is -0.299 e.